The molecule has 0 radical (unpaired) electrons. The fourth-order valence-electron chi connectivity index (χ4n) is 4.38. The first kappa shape index (κ1) is 19.2. The normalized spacial score (nSPS) is 12.5. The van der Waals surface area contributed by atoms with Gasteiger partial charge in [0.25, 0.3) is 5.91 Å². The highest BCUT2D eigenvalue weighted by atomic mass is 16.7. The van der Waals surface area contributed by atoms with Crippen molar-refractivity contribution < 1.29 is 14.3 Å². The molecular weight excluding hydrogens is 390 g/mol. The summed E-state index contributed by atoms with van der Waals surface area (Å²) in [5.41, 5.74) is 11.8. The van der Waals surface area contributed by atoms with Gasteiger partial charge < -0.3 is 19.8 Å². The molecular formula is C25H23N3O3. The van der Waals surface area contributed by atoms with Gasteiger partial charge in [-0.1, -0.05) is 37.3 Å². The smallest absolute Gasteiger partial charge is 0.251 e. The number of primary amides is 1. The molecule has 0 unspecified atom stereocenters. The Hall–Kier alpha value is -3.80. The molecule has 1 aliphatic rings. The van der Waals surface area contributed by atoms with Crippen molar-refractivity contribution in [1.29, 1.82) is 0 Å². The molecule has 0 saturated carbocycles. The van der Waals surface area contributed by atoms with Crippen LogP contribution in [0.4, 0.5) is 0 Å². The lowest BCUT2D eigenvalue weighted by Crippen LogP contribution is -2.14. The number of nitrogens with two attached hydrogens (primary N) is 1. The lowest BCUT2D eigenvalue weighted by molar-refractivity contribution is 0.1000. The van der Waals surface area contributed by atoms with Crippen LogP contribution in [0.15, 0.2) is 54.6 Å². The van der Waals surface area contributed by atoms with Crippen LogP contribution in [0.3, 0.4) is 0 Å². The van der Waals surface area contributed by atoms with Crippen LogP contribution in [0.1, 0.15) is 34.2 Å². The van der Waals surface area contributed by atoms with Crippen LogP contribution < -0.4 is 15.2 Å². The van der Waals surface area contributed by atoms with Gasteiger partial charge in [0.2, 0.25) is 6.79 Å². The number of rotatable bonds is 5. The molecule has 3 heterocycles. The van der Waals surface area contributed by atoms with Crippen molar-refractivity contribution in [2.75, 3.05) is 6.79 Å². The maximum atomic E-state index is 12.5. The van der Waals surface area contributed by atoms with Crippen LogP contribution in [-0.2, 0) is 13.0 Å². The van der Waals surface area contributed by atoms with Gasteiger partial charge in [-0.3, -0.25) is 4.79 Å². The Balaban J connectivity index is 1.66. The van der Waals surface area contributed by atoms with E-state index < -0.39 is 5.91 Å². The molecule has 2 aromatic carbocycles. The summed E-state index contributed by atoms with van der Waals surface area (Å²) in [6.45, 7) is 4.86. The van der Waals surface area contributed by atoms with Crippen molar-refractivity contribution >= 4 is 16.8 Å². The number of hydrogen-bond acceptors (Lipinski definition) is 4. The summed E-state index contributed by atoms with van der Waals surface area (Å²) in [4.78, 5) is 17.4. The third-order valence-electron chi connectivity index (χ3n) is 5.84. The second-order valence-electron chi connectivity index (χ2n) is 7.66. The summed E-state index contributed by atoms with van der Waals surface area (Å²) >= 11 is 0. The maximum absolute atomic E-state index is 12.5. The molecule has 1 amide bonds. The van der Waals surface area contributed by atoms with Gasteiger partial charge in [0.05, 0.1) is 16.8 Å². The Morgan fingerprint density at radius 3 is 2.71 bits per heavy atom. The Bertz CT molecular complexity index is 1320. The molecule has 5 rings (SSSR count). The zero-order valence-corrected chi connectivity index (χ0v) is 17.5. The molecule has 0 fully saturated rings. The molecule has 6 nitrogen and oxygen atoms in total. The number of aromatic nitrogens is 2. The SMILES string of the molecule is CCc1c(-c2ccc3ccccc3n2)c(C(N)=O)c(C)n1Cc1ccc2c(c1)OCO2. The zero-order chi connectivity index (χ0) is 21.5. The molecule has 31 heavy (non-hydrogen) atoms. The number of benzene rings is 2. The Kier molecular flexibility index (Phi) is 4.62. The minimum absolute atomic E-state index is 0.241. The number of hydrogen-bond donors (Lipinski definition) is 1. The van der Waals surface area contributed by atoms with Crippen molar-refractivity contribution in [2.24, 2.45) is 5.73 Å². The second-order valence-corrected chi connectivity index (χ2v) is 7.66. The van der Waals surface area contributed by atoms with Crippen LogP contribution in [0.25, 0.3) is 22.2 Å². The first-order chi connectivity index (χ1) is 15.1. The maximum Gasteiger partial charge on any atom is 0.251 e. The van der Waals surface area contributed by atoms with Crippen molar-refractivity contribution in [1.82, 2.24) is 9.55 Å². The molecule has 0 atom stereocenters. The largest absolute Gasteiger partial charge is 0.454 e. The predicted octanol–water partition coefficient (Wildman–Crippen LogP) is 4.45. The summed E-state index contributed by atoms with van der Waals surface area (Å²) in [6, 6.07) is 17.9. The van der Waals surface area contributed by atoms with E-state index in [-0.39, 0.29) is 6.79 Å². The van der Waals surface area contributed by atoms with E-state index in [2.05, 4.69) is 11.5 Å². The molecule has 1 aliphatic heterocycles. The van der Waals surface area contributed by atoms with Gasteiger partial charge >= 0.3 is 0 Å². The second kappa shape index (κ2) is 7.47. The summed E-state index contributed by atoms with van der Waals surface area (Å²) in [5.74, 6) is 1.05. The number of pyridine rings is 1. The highest BCUT2D eigenvalue weighted by Crippen LogP contribution is 2.36. The fourth-order valence-corrected chi connectivity index (χ4v) is 4.38. The van der Waals surface area contributed by atoms with E-state index in [0.717, 1.165) is 57.0 Å². The average molecular weight is 413 g/mol. The summed E-state index contributed by atoms with van der Waals surface area (Å²) < 4.78 is 13.1. The van der Waals surface area contributed by atoms with E-state index in [1.807, 2.05) is 61.5 Å². The summed E-state index contributed by atoms with van der Waals surface area (Å²) in [5, 5.41) is 1.06. The Labute approximate surface area is 180 Å². The topological polar surface area (TPSA) is 79.4 Å². The highest BCUT2D eigenvalue weighted by molar-refractivity contribution is 6.02. The number of carbonyl (C=O) groups is 1. The van der Waals surface area contributed by atoms with Crippen molar-refractivity contribution in [3.8, 4) is 22.8 Å². The molecule has 0 aliphatic carbocycles. The average Bonchev–Trinajstić information content (AvgIpc) is 3.35. The third-order valence-corrected chi connectivity index (χ3v) is 5.84. The Morgan fingerprint density at radius 2 is 1.90 bits per heavy atom. The van der Waals surface area contributed by atoms with Crippen molar-refractivity contribution in [3.63, 3.8) is 0 Å². The fraction of sp³-hybridized carbons (Fsp3) is 0.200. The summed E-state index contributed by atoms with van der Waals surface area (Å²) in [7, 11) is 0. The number of para-hydroxylation sites is 1. The van der Waals surface area contributed by atoms with E-state index in [9.17, 15) is 4.79 Å². The third kappa shape index (κ3) is 3.20. The highest BCUT2D eigenvalue weighted by Gasteiger charge is 2.25. The monoisotopic (exact) mass is 413 g/mol. The Morgan fingerprint density at radius 1 is 1.10 bits per heavy atom. The molecule has 156 valence electrons. The zero-order valence-electron chi connectivity index (χ0n) is 17.5. The van der Waals surface area contributed by atoms with Crippen LogP contribution in [-0.4, -0.2) is 22.3 Å². The van der Waals surface area contributed by atoms with Gasteiger partial charge in [-0.25, -0.2) is 4.98 Å². The van der Waals surface area contributed by atoms with E-state index in [4.69, 9.17) is 20.2 Å². The van der Waals surface area contributed by atoms with Gasteiger partial charge in [-0.15, -0.1) is 0 Å². The number of fused-ring (bicyclic) bond motifs is 2. The van der Waals surface area contributed by atoms with Crippen molar-refractivity contribution in [2.45, 2.75) is 26.8 Å². The molecule has 4 aromatic rings. The lowest BCUT2D eigenvalue weighted by atomic mass is 10.0. The number of carbonyl (C=O) groups excluding carboxylic acids is 1. The van der Waals surface area contributed by atoms with E-state index in [1.54, 1.807) is 0 Å². The van der Waals surface area contributed by atoms with Crippen LogP contribution in [0.5, 0.6) is 11.5 Å². The molecule has 0 bridgehead atoms. The van der Waals surface area contributed by atoms with E-state index >= 15 is 0 Å². The lowest BCUT2D eigenvalue weighted by Gasteiger charge is -2.12. The van der Waals surface area contributed by atoms with Crippen LogP contribution in [0.2, 0.25) is 0 Å². The van der Waals surface area contributed by atoms with Gasteiger partial charge in [0.15, 0.2) is 11.5 Å². The molecule has 2 aromatic heterocycles. The van der Waals surface area contributed by atoms with E-state index in [1.165, 1.54) is 0 Å². The number of nitrogens with zero attached hydrogens (tertiary/aromatic N) is 2. The molecule has 6 heteroatoms. The summed E-state index contributed by atoms with van der Waals surface area (Å²) in [6.07, 6.45) is 0.739. The van der Waals surface area contributed by atoms with Gasteiger partial charge in [-0.05, 0) is 43.2 Å². The molecule has 0 spiro atoms. The quantitative estimate of drug-likeness (QED) is 0.524. The first-order valence-electron chi connectivity index (χ1n) is 10.3. The molecule has 0 saturated heterocycles. The number of amides is 1. The van der Waals surface area contributed by atoms with Gasteiger partial charge in [0, 0.05) is 28.9 Å². The minimum atomic E-state index is -0.443. The predicted molar refractivity (Wildman–Crippen MR) is 119 cm³/mol. The number of ether oxygens (including phenoxy) is 2. The van der Waals surface area contributed by atoms with Crippen LogP contribution >= 0.6 is 0 Å². The van der Waals surface area contributed by atoms with Crippen LogP contribution in [0, 0.1) is 6.92 Å². The van der Waals surface area contributed by atoms with Crippen molar-refractivity contribution in [3.05, 3.63) is 77.1 Å². The van der Waals surface area contributed by atoms with Gasteiger partial charge in [0.1, 0.15) is 0 Å². The molecule has 2 N–H and O–H groups in total. The first-order valence-corrected chi connectivity index (χ1v) is 10.3. The van der Waals surface area contributed by atoms with E-state index in [0.29, 0.717) is 12.1 Å². The minimum Gasteiger partial charge on any atom is -0.454 e. The standard InChI is InChI=1S/C25H23N3O3/c1-3-20-24(19-10-9-17-6-4-5-7-18(17)27-19)23(25(26)29)15(2)28(20)13-16-8-11-21-22(12-16)31-14-30-21/h4-12H,3,13-14H2,1-2H3,(H2,26,29). The van der Waals surface area contributed by atoms with Gasteiger partial charge in [-0.2, -0.15) is 0 Å².